The van der Waals surface area contributed by atoms with E-state index in [1.165, 1.54) is 12.8 Å². The van der Waals surface area contributed by atoms with Crippen LogP contribution < -0.4 is 10.6 Å². The standard InChI is InChI=1S/C18H30N2O3/c1-13(14-10-11-22-12-14)19-15-8-6-5-7-9-16(15)20-17(21)23-18(2,3)4/h10-13,15-16,19H,5-9H2,1-4H3,(H,20,21). The van der Waals surface area contributed by atoms with Crippen LogP contribution in [-0.4, -0.2) is 23.8 Å². The van der Waals surface area contributed by atoms with Gasteiger partial charge in [-0.05, 0) is 46.6 Å². The van der Waals surface area contributed by atoms with Crippen LogP contribution in [0.25, 0.3) is 0 Å². The van der Waals surface area contributed by atoms with Crippen LogP contribution >= 0.6 is 0 Å². The van der Waals surface area contributed by atoms with Gasteiger partial charge in [-0.25, -0.2) is 4.79 Å². The fourth-order valence-electron chi connectivity index (χ4n) is 3.08. The maximum absolute atomic E-state index is 12.1. The van der Waals surface area contributed by atoms with E-state index in [2.05, 4.69) is 17.6 Å². The number of hydrogen-bond donors (Lipinski definition) is 2. The minimum absolute atomic E-state index is 0.0988. The number of carbonyl (C=O) groups is 1. The van der Waals surface area contributed by atoms with Crippen molar-refractivity contribution in [1.29, 1.82) is 0 Å². The van der Waals surface area contributed by atoms with Crippen molar-refractivity contribution in [2.75, 3.05) is 0 Å². The number of carbonyl (C=O) groups excluding carboxylic acids is 1. The van der Waals surface area contributed by atoms with E-state index >= 15 is 0 Å². The number of hydrogen-bond acceptors (Lipinski definition) is 4. The molecule has 2 N–H and O–H groups in total. The minimum atomic E-state index is -0.470. The Morgan fingerprint density at radius 2 is 1.96 bits per heavy atom. The molecule has 1 heterocycles. The van der Waals surface area contributed by atoms with Gasteiger partial charge < -0.3 is 19.8 Å². The highest BCUT2D eigenvalue weighted by Crippen LogP contribution is 2.22. The Bertz CT molecular complexity index is 479. The second kappa shape index (κ2) is 7.86. The number of nitrogens with one attached hydrogen (secondary N) is 2. The van der Waals surface area contributed by atoms with Crippen molar-refractivity contribution in [3.8, 4) is 0 Å². The summed E-state index contributed by atoms with van der Waals surface area (Å²) < 4.78 is 10.6. The number of alkyl carbamates (subject to hydrolysis) is 1. The van der Waals surface area contributed by atoms with Crippen LogP contribution in [0.2, 0.25) is 0 Å². The van der Waals surface area contributed by atoms with Crippen LogP contribution in [0.3, 0.4) is 0 Å². The van der Waals surface area contributed by atoms with E-state index in [9.17, 15) is 4.79 Å². The summed E-state index contributed by atoms with van der Waals surface area (Å²) in [7, 11) is 0. The molecule has 23 heavy (non-hydrogen) atoms. The van der Waals surface area contributed by atoms with E-state index in [-0.39, 0.29) is 24.2 Å². The van der Waals surface area contributed by atoms with Gasteiger partial charge in [0.25, 0.3) is 0 Å². The van der Waals surface area contributed by atoms with Gasteiger partial charge in [0.05, 0.1) is 12.5 Å². The van der Waals surface area contributed by atoms with Crippen molar-refractivity contribution < 1.29 is 13.9 Å². The van der Waals surface area contributed by atoms with Gasteiger partial charge in [0.1, 0.15) is 5.60 Å². The molecule has 0 saturated heterocycles. The quantitative estimate of drug-likeness (QED) is 0.817. The molecule has 1 aromatic rings. The summed E-state index contributed by atoms with van der Waals surface area (Å²) in [5, 5.41) is 6.72. The zero-order chi connectivity index (χ0) is 16.9. The number of amides is 1. The third-order valence-electron chi connectivity index (χ3n) is 4.23. The average molecular weight is 322 g/mol. The number of ether oxygens (including phenoxy) is 1. The molecule has 1 aliphatic carbocycles. The van der Waals surface area contributed by atoms with Crippen LogP contribution in [0, 0.1) is 0 Å². The second-order valence-electron chi connectivity index (χ2n) is 7.44. The summed E-state index contributed by atoms with van der Waals surface area (Å²) in [4.78, 5) is 12.1. The molecule has 0 bridgehead atoms. The topological polar surface area (TPSA) is 63.5 Å². The predicted octanol–water partition coefficient (Wildman–Crippen LogP) is 4.16. The van der Waals surface area contributed by atoms with Gasteiger partial charge in [0.15, 0.2) is 0 Å². The fraction of sp³-hybridized carbons (Fsp3) is 0.722. The zero-order valence-corrected chi connectivity index (χ0v) is 14.7. The molecule has 0 radical (unpaired) electrons. The lowest BCUT2D eigenvalue weighted by molar-refractivity contribution is 0.0488. The first-order valence-corrected chi connectivity index (χ1v) is 8.63. The highest BCUT2D eigenvalue weighted by atomic mass is 16.6. The third kappa shape index (κ3) is 5.90. The van der Waals surface area contributed by atoms with Crippen molar-refractivity contribution in [2.45, 2.75) is 83.5 Å². The number of rotatable bonds is 4. The van der Waals surface area contributed by atoms with E-state index < -0.39 is 5.60 Å². The fourth-order valence-corrected chi connectivity index (χ4v) is 3.08. The van der Waals surface area contributed by atoms with Crippen molar-refractivity contribution in [2.24, 2.45) is 0 Å². The predicted molar refractivity (Wildman–Crippen MR) is 90.3 cm³/mol. The Morgan fingerprint density at radius 1 is 1.26 bits per heavy atom. The van der Waals surface area contributed by atoms with Crippen molar-refractivity contribution in [3.63, 3.8) is 0 Å². The molecular formula is C18H30N2O3. The highest BCUT2D eigenvalue weighted by Gasteiger charge is 2.28. The van der Waals surface area contributed by atoms with E-state index in [0.29, 0.717) is 0 Å². The van der Waals surface area contributed by atoms with Gasteiger partial charge in [0.2, 0.25) is 0 Å². The maximum atomic E-state index is 12.1. The molecular weight excluding hydrogens is 292 g/mol. The molecule has 5 heteroatoms. The Balaban J connectivity index is 1.97. The van der Waals surface area contributed by atoms with Crippen LogP contribution in [0.5, 0.6) is 0 Å². The lowest BCUT2D eigenvalue weighted by atomic mass is 10.0. The molecule has 5 nitrogen and oxygen atoms in total. The molecule has 2 rings (SSSR count). The molecule has 0 spiro atoms. The molecule has 0 aromatic carbocycles. The van der Waals surface area contributed by atoms with E-state index in [1.54, 1.807) is 12.5 Å². The Labute approximate surface area is 139 Å². The van der Waals surface area contributed by atoms with E-state index in [0.717, 1.165) is 24.8 Å². The largest absolute Gasteiger partial charge is 0.472 e. The smallest absolute Gasteiger partial charge is 0.407 e. The highest BCUT2D eigenvalue weighted by molar-refractivity contribution is 5.68. The Kier molecular flexibility index (Phi) is 6.10. The Hall–Kier alpha value is -1.49. The SMILES string of the molecule is CC(NC1CCCCCC1NC(=O)OC(C)(C)C)c1ccoc1. The van der Waals surface area contributed by atoms with Crippen LogP contribution in [-0.2, 0) is 4.74 Å². The van der Waals surface area contributed by atoms with Gasteiger partial charge in [0, 0.05) is 23.7 Å². The Morgan fingerprint density at radius 3 is 2.57 bits per heavy atom. The molecule has 1 aliphatic rings. The van der Waals surface area contributed by atoms with Crippen LogP contribution in [0.15, 0.2) is 23.0 Å². The molecule has 1 amide bonds. The van der Waals surface area contributed by atoms with E-state index in [1.807, 2.05) is 26.8 Å². The summed E-state index contributed by atoms with van der Waals surface area (Å²) in [6, 6.07) is 2.52. The summed E-state index contributed by atoms with van der Waals surface area (Å²) in [6.07, 6.45) is 8.71. The molecule has 1 fully saturated rings. The van der Waals surface area contributed by atoms with Crippen LogP contribution in [0.1, 0.15) is 71.4 Å². The van der Waals surface area contributed by atoms with Gasteiger partial charge in [-0.1, -0.05) is 19.3 Å². The van der Waals surface area contributed by atoms with Gasteiger partial charge in [-0.3, -0.25) is 0 Å². The van der Waals surface area contributed by atoms with Gasteiger partial charge in [-0.15, -0.1) is 0 Å². The average Bonchev–Trinajstić information content (AvgIpc) is 2.89. The van der Waals surface area contributed by atoms with Crippen LogP contribution in [0.4, 0.5) is 4.79 Å². The van der Waals surface area contributed by atoms with Crippen molar-refractivity contribution in [1.82, 2.24) is 10.6 Å². The summed E-state index contributed by atoms with van der Waals surface area (Å²) in [5.74, 6) is 0. The van der Waals surface area contributed by atoms with Gasteiger partial charge in [-0.2, -0.15) is 0 Å². The first-order valence-electron chi connectivity index (χ1n) is 8.63. The van der Waals surface area contributed by atoms with Gasteiger partial charge >= 0.3 is 6.09 Å². The number of furan rings is 1. The third-order valence-corrected chi connectivity index (χ3v) is 4.23. The zero-order valence-electron chi connectivity index (χ0n) is 14.7. The summed E-state index contributed by atoms with van der Waals surface area (Å²) >= 11 is 0. The first-order chi connectivity index (χ1) is 10.8. The van der Waals surface area contributed by atoms with Crippen molar-refractivity contribution >= 4 is 6.09 Å². The molecule has 0 aliphatic heterocycles. The second-order valence-corrected chi connectivity index (χ2v) is 7.44. The lowest BCUT2D eigenvalue weighted by Gasteiger charge is -2.30. The molecule has 130 valence electrons. The molecule has 1 saturated carbocycles. The molecule has 3 atom stereocenters. The normalized spacial score (nSPS) is 23.8. The summed E-state index contributed by atoms with van der Waals surface area (Å²) in [5.41, 5.74) is 0.659. The molecule has 1 aromatic heterocycles. The maximum Gasteiger partial charge on any atom is 0.407 e. The lowest BCUT2D eigenvalue weighted by Crippen LogP contribution is -2.51. The van der Waals surface area contributed by atoms with Crippen molar-refractivity contribution in [3.05, 3.63) is 24.2 Å². The molecule has 3 unspecified atom stereocenters. The first kappa shape index (κ1) is 17.9. The summed E-state index contributed by atoms with van der Waals surface area (Å²) in [6.45, 7) is 7.78. The monoisotopic (exact) mass is 322 g/mol. The minimum Gasteiger partial charge on any atom is -0.472 e. The van der Waals surface area contributed by atoms with E-state index in [4.69, 9.17) is 9.15 Å².